The van der Waals surface area contributed by atoms with E-state index in [9.17, 15) is 22.9 Å². The quantitative estimate of drug-likeness (QED) is 0.668. The van der Waals surface area contributed by atoms with Crippen LogP contribution in [0.4, 0.5) is 0 Å². The fourth-order valence-corrected chi connectivity index (χ4v) is 2.86. The maximum Gasteiger partial charge on any atom is 0.294 e. The summed E-state index contributed by atoms with van der Waals surface area (Å²) in [5, 5.41) is 9.95. The van der Waals surface area contributed by atoms with E-state index in [4.69, 9.17) is 0 Å². The smallest absolute Gasteiger partial charge is 0.294 e. The number of carbonyl (C=O) groups excluding carboxylic acids is 1. The van der Waals surface area contributed by atoms with Crippen molar-refractivity contribution in [2.24, 2.45) is 0 Å². The second kappa shape index (κ2) is 5.67. The lowest BCUT2D eigenvalue weighted by atomic mass is 10.00. The molecule has 0 unspecified atom stereocenters. The number of benzene rings is 2. The number of aromatic hydroxyl groups is 1. The molecule has 0 saturated heterocycles. The number of phenols is 1. The van der Waals surface area contributed by atoms with Crippen LogP contribution in [0.2, 0.25) is 0 Å². The molecule has 2 aromatic carbocycles. The predicted octanol–water partition coefficient (Wildman–Crippen LogP) is 2.43. The standard InChI is InChI=1S/C15H14O5S/c1-2-10-8-13(16)12(9-14(10)21(18,19)20)15(17)11-6-4-3-5-7-11/h3-9,16H,2H2,1H3,(H,18,19,20). The summed E-state index contributed by atoms with van der Waals surface area (Å²) in [7, 11) is -4.46. The molecule has 6 heteroatoms. The van der Waals surface area contributed by atoms with Gasteiger partial charge in [0, 0.05) is 5.56 Å². The third-order valence-electron chi connectivity index (χ3n) is 3.12. The van der Waals surface area contributed by atoms with Crippen LogP contribution in [0.5, 0.6) is 5.75 Å². The lowest BCUT2D eigenvalue weighted by Crippen LogP contribution is -2.08. The number of phenolic OH excluding ortho intramolecular Hbond substituents is 1. The lowest BCUT2D eigenvalue weighted by Gasteiger charge is -2.10. The van der Waals surface area contributed by atoms with Gasteiger partial charge >= 0.3 is 0 Å². The summed E-state index contributed by atoms with van der Waals surface area (Å²) in [6.07, 6.45) is 0.294. The Morgan fingerprint density at radius 3 is 2.29 bits per heavy atom. The fraction of sp³-hybridized carbons (Fsp3) is 0.133. The van der Waals surface area contributed by atoms with Crippen LogP contribution in [-0.2, 0) is 16.5 Å². The zero-order chi connectivity index (χ0) is 15.6. The fourth-order valence-electron chi connectivity index (χ4n) is 2.05. The van der Waals surface area contributed by atoms with Gasteiger partial charge in [-0.25, -0.2) is 0 Å². The third-order valence-corrected chi connectivity index (χ3v) is 4.05. The molecule has 0 radical (unpaired) electrons. The number of rotatable bonds is 4. The second-order valence-corrected chi connectivity index (χ2v) is 5.89. The van der Waals surface area contributed by atoms with E-state index in [2.05, 4.69) is 0 Å². The van der Waals surface area contributed by atoms with E-state index in [1.807, 2.05) is 0 Å². The van der Waals surface area contributed by atoms with E-state index in [-0.39, 0.29) is 21.8 Å². The molecule has 0 heterocycles. The summed E-state index contributed by atoms with van der Waals surface area (Å²) in [5.41, 5.74) is 0.406. The summed E-state index contributed by atoms with van der Waals surface area (Å²) in [6, 6.07) is 10.4. The Morgan fingerprint density at radius 2 is 1.76 bits per heavy atom. The van der Waals surface area contributed by atoms with Crippen molar-refractivity contribution in [1.29, 1.82) is 0 Å². The van der Waals surface area contributed by atoms with Crippen LogP contribution >= 0.6 is 0 Å². The van der Waals surface area contributed by atoms with Crippen molar-refractivity contribution in [3.63, 3.8) is 0 Å². The summed E-state index contributed by atoms with van der Waals surface area (Å²) >= 11 is 0. The van der Waals surface area contributed by atoms with Gasteiger partial charge < -0.3 is 5.11 Å². The van der Waals surface area contributed by atoms with E-state index in [0.717, 1.165) is 6.07 Å². The molecule has 0 amide bonds. The largest absolute Gasteiger partial charge is 0.507 e. The predicted molar refractivity (Wildman–Crippen MR) is 77.2 cm³/mol. The molecule has 2 N–H and O–H groups in total. The Bertz CT molecular complexity index is 779. The van der Waals surface area contributed by atoms with Gasteiger partial charge in [0.2, 0.25) is 0 Å². The van der Waals surface area contributed by atoms with Crippen molar-refractivity contribution < 1.29 is 22.9 Å². The van der Waals surface area contributed by atoms with Crippen LogP contribution in [0.1, 0.15) is 28.4 Å². The Balaban J connectivity index is 2.63. The molecule has 21 heavy (non-hydrogen) atoms. The highest BCUT2D eigenvalue weighted by molar-refractivity contribution is 7.85. The lowest BCUT2D eigenvalue weighted by molar-refractivity contribution is 0.103. The Hall–Kier alpha value is -2.18. The maximum absolute atomic E-state index is 12.3. The van der Waals surface area contributed by atoms with Crippen LogP contribution in [0, 0.1) is 0 Å². The topological polar surface area (TPSA) is 91.7 Å². The van der Waals surface area contributed by atoms with Gasteiger partial charge in [-0.05, 0) is 24.1 Å². The highest BCUT2D eigenvalue weighted by Crippen LogP contribution is 2.28. The minimum atomic E-state index is -4.46. The monoisotopic (exact) mass is 306 g/mol. The van der Waals surface area contributed by atoms with E-state index >= 15 is 0 Å². The minimum absolute atomic E-state index is 0.161. The van der Waals surface area contributed by atoms with Gasteiger partial charge in [-0.1, -0.05) is 37.3 Å². The molecule has 0 aromatic heterocycles. The molecule has 2 aromatic rings. The van der Waals surface area contributed by atoms with Crippen molar-refractivity contribution >= 4 is 15.9 Å². The number of aryl methyl sites for hydroxylation is 1. The first-order valence-electron chi connectivity index (χ1n) is 6.27. The molecule has 0 aliphatic rings. The summed E-state index contributed by atoms with van der Waals surface area (Å²) < 4.78 is 32.0. The molecule has 0 aliphatic heterocycles. The molecular formula is C15H14O5S. The van der Waals surface area contributed by atoms with Crippen molar-refractivity contribution in [2.75, 3.05) is 0 Å². The Kier molecular flexibility index (Phi) is 4.11. The van der Waals surface area contributed by atoms with Gasteiger partial charge in [0.15, 0.2) is 5.78 Å². The number of ketones is 1. The Morgan fingerprint density at radius 1 is 1.14 bits per heavy atom. The average molecular weight is 306 g/mol. The first kappa shape index (κ1) is 15.2. The minimum Gasteiger partial charge on any atom is -0.507 e. The van der Waals surface area contributed by atoms with Gasteiger partial charge in [-0.2, -0.15) is 8.42 Å². The van der Waals surface area contributed by atoms with Crippen molar-refractivity contribution in [1.82, 2.24) is 0 Å². The van der Waals surface area contributed by atoms with Gasteiger partial charge in [0.1, 0.15) is 5.75 Å². The first-order valence-corrected chi connectivity index (χ1v) is 7.71. The van der Waals surface area contributed by atoms with Crippen molar-refractivity contribution in [2.45, 2.75) is 18.2 Å². The molecule has 0 aliphatic carbocycles. The summed E-state index contributed by atoms with van der Waals surface area (Å²) in [4.78, 5) is 12.0. The van der Waals surface area contributed by atoms with Crippen LogP contribution in [-0.4, -0.2) is 23.9 Å². The number of carbonyl (C=O) groups is 1. The van der Waals surface area contributed by atoms with Crippen LogP contribution in [0.15, 0.2) is 47.4 Å². The first-order chi connectivity index (χ1) is 9.84. The molecule has 2 rings (SSSR count). The highest BCUT2D eigenvalue weighted by atomic mass is 32.2. The van der Waals surface area contributed by atoms with Crippen molar-refractivity contribution in [3.05, 3.63) is 59.2 Å². The van der Waals surface area contributed by atoms with Gasteiger partial charge in [-0.15, -0.1) is 0 Å². The van der Waals surface area contributed by atoms with Crippen LogP contribution < -0.4 is 0 Å². The van der Waals surface area contributed by atoms with E-state index < -0.39 is 15.9 Å². The highest BCUT2D eigenvalue weighted by Gasteiger charge is 2.21. The van der Waals surface area contributed by atoms with Gasteiger partial charge in [0.05, 0.1) is 10.5 Å². The molecule has 0 bridgehead atoms. The molecule has 110 valence electrons. The third kappa shape index (κ3) is 3.12. The number of hydrogen-bond acceptors (Lipinski definition) is 4. The van der Waals surface area contributed by atoms with Gasteiger partial charge in [-0.3, -0.25) is 9.35 Å². The zero-order valence-corrected chi connectivity index (χ0v) is 12.1. The normalized spacial score (nSPS) is 11.3. The van der Waals surface area contributed by atoms with Crippen molar-refractivity contribution in [3.8, 4) is 5.75 Å². The summed E-state index contributed by atoms with van der Waals surface area (Å²) in [6.45, 7) is 1.68. The summed E-state index contributed by atoms with van der Waals surface area (Å²) in [5.74, 6) is -0.825. The second-order valence-electron chi connectivity index (χ2n) is 4.50. The molecule has 0 fully saturated rings. The number of hydrogen-bond donors (Lipinski definition) is 2. The molecule has 0 saturated carbocycles. The van der Waals surface area contributed by atoms with Gasteiger partial charge in [0.25, 0.3) is 10.1 Å². The van der Waals surface area contributed by atoms with E-state index in [1.54, 1.807) is 37.3 Å². The average Bonchev–Trinajstić information content (AvgIpc) is 2.45. The zero-order valence-electron chi connectivity index (χ0n) is 11.3. The molecule has 0 atom stereocenters. The molecule has 0 spiro atoms. The molecule has 5 nitrogen and oxygen atoms in total. The van der Waals surface area contributed by atoms with Crippen LogP contribution in [0.25, 0.3) is 0 Å². The molecular weight excluding hydrogens is 292 g/mol. The van der Waals surface area contributed by atoms with E-state index in [0.29, 0.717) is 12.0 Å². The SMILES string of the molecule is CCc1cc(O)c(C(=O)c2ccccc2)cc1S(=O)(=O)O. The Labute approximate surface area is 122 Å². The maximum atomic E-state index is 12.3. The van der Waals surface area contributed by atoms with Crippen LogP contribution in [0.3, 0.4) is 0 Å². The van der Waals surface area contributed by atoms with E-state index in [1.165, 1.54) is 6.07 Å².